The molecule has 0 N–H and O–H groups in total. The van der Waals surface area contributed by atoms with Crippen LogP contribution in [0, 0.1) is 0 Å². The summed E-state index contributed by atoms with van der Waals surface area (Å²) in [7, 11) is 0. The second kappa shape index (κ2) is 2.24. The molecule has 0 atom stereocenters. The smallest absolute Gasteiger partial charge is 0.0881 e. The predicted molar refractivity (Wildman–Crippen MR) is 34.3 cm³/mol. The summed E-state index contributed by atoms with van der Waals surface area (Å²) in [6.45, 7) is 1.90. The third-order valence-corrected chi connectivity index (χ3v) is 0.775. The Morgan fingerprint density at radius 3 is 3.38 bits per heavy atom. The number of hydrogen-bond acceptors (Lipinski definition) is 2. The normalized spacial score (nSPS) is 15.9. The molecule has 0 spiro atoms. The monoisotopic (exact) mass is 106 g/mol. The Labute approximate surface area is 48.0 Å². The van der Waals surface area contributed by atoms with E-state index in [1.807, 2.05) is 13.0 Å². The minimum absolute atomic E-state index is 0.933. The summed E-state index contributed by atoms with van der Waals surface area (Å²) in [6.07, 6.45) is 5.06. The third kappa shape index (κ3) is 1.17. The van der Waals surface area contributed by atoms with Crippen molar-refractivity contribution in [2.24, 2.45) is 9.98 Å². The van der Waals surface area contributed by atoms with Gasteiger partial charge in [0.15, 0.2) is 0 Å². The molecule has 1 heterocycles. The van der Waals surface area contributed by atoms with E-state index in [0.717, 1.165) is 5.70 Å². The quantitative estimate of drug-likeness (QED) is 0.442. The van der Waals surface area contributed by atoms with Crippen LogP contribution in [0.1, 0.15) is 6.92 Å². The summed E-state index contributed by atoms with van der Waals surface area (Å²) >= 11 is 0. The van der Waals surface area contributed by atoms with Crippen molar-refractivity contribution in [2.75, 3.05) is 0 Å². The molecule has 1 aliphatic heterocycles. The van der Waals surface area contributed by atoms with Crippen molar-refractivity contribution >= 4 is 12.1 Å². The maximum Gasteiger partial charge on any atom is 0.0881 e. The summed E-state index contributed by atoms with van der Waals surface area (Å²) in [5.41, 5.74) is 0.933. The Morgan fingerprint density at radius 1 is 1.62 bits per heavy atom. The summed E-state index contributed by atoms with van der Waals surface area (Å²) < 4.78 is 0. The molecule has 0 saturated heterocycles. The van der Waals surface area contributed by atoms with Gasteiger partial charge in [-0.25, -0.2) is 4.99 Å². The second-order valence-electron chi connectivity index (χ2n) is 1.48. The van der Waals surface area contributed by atoms with Crippen LogP contribution in [-0.4, -0.2) is 12.1 Å². The van der Waals surface area contributed by atoms with Gasteiger partial charge in [0, 0.05) is 17.8 Å². The van der Waals surface area contributed by atoms with Crippen molar-refractivity contribution in [1.29, 1.82) is 0 Å². The molecule has 0 amide bonds. The van der Waals surface area contributed by atoms with Gasteiger partial charge in [0.2, 0.25) is 0 Å². The van der Waals surface area contributed by atoms with Crippen molar-refractivity contribution in [3.05, 3.63) is 18.0 Å². The van der Waals surface area contributed by atoms with Gasteiger partial charge in [-0.2, -0.15) is 0 Å². The molecule has 0 fully saturated rings. The maximum atomic E-state index is 3.85. The summed E-state index contributed by atoms with van der Waals surface area (Å²) in [4.78, 5) is 7.64. The van der Waals surface area contributed by atoms with Crippen LogP contribution >= 0.6 is 0 Å². The van der Waals surface area contributed by atoms with Crippen LogP contribution in [0.4, 0.5) is 0 Å². The van der Waals surface area contributed by atoms with Crippen molar-refractivity contribution < 1.29 is 0 Å². The number of aliphatic imine (C=N–C) groups is 2. The van der Waals surface area contributed by atoms with Gasteiger partial charge in [0.05, 0.1) is 6.20 Å². The zero-order valence-corrected chi connectivity index (χ0v) is 4.63. The van der Waals surface area contributed by atoms with Gasteiger partial charge in [-0.05, 0) is 13.0 Å². The number of hydrogen-bond donors (Lipinski definition) is 0. The Bertz CT molecular complexity index is 193. The van der Waals surface area contributed by atoms with E-state index < -0.39 is 0 Å². The molecule has 0 unspecified atom stereocenters. The molecule has 0 saturated carbocycles. The van der Waals surface area contributed by atoms with Gasteiger partial charge in [-0.15, -0.1) is 0 Å². The van der Waals surface area contributed by atoms with Crippen molar-refractivity contribution in [3.8, 4) is 0 Å². The zero-order chi connectivity index (χ0) is 5.82. The first-order valence-electron chi connectivity index (χ1n) is 2.37. The Balaban J connectivity index is 2.94. The molecule has 0 aliphatic carbocycles. The van der Waals surface area contributed by atoms with Crippen molar-refractivity contribution in [3.63, 3.8) is 0 Å². The van der Waals surface area contributed by atoms with Crippen LogP contribution in [0.15, 0.2) is 28.0 Å². The van der Waals surface area contributed by atoms with Crippen LogP contribution < -0.4 is 0 Å². The van der Waals surface area contributed by atoms with Crippen LogP contribution in [0.25, 0.3) is 0 Å². The largest absolute Gasteiger partial charge is 0.255 e. The molecule has 1 aliphatic rings. The van der Waals surface area contributed by atoms with E-state index in [4.69, 9.17) is 0 Å². The second-order valence-corrected chi connectivity index (χ2v) is 1.48. The molecule has 2 heteroatoms. The third-order valence-electron chi connectivity index (χ3n) is 0.775. The molecular weight excluding hydrogens is 100 g/mol. The molecule has 2 nitrogen and oxygen atoms in total. The molecule has 0 aromatic carbocycles. The molecule has 8 heavy (non-hydrogen) atoms. The van der Waals surface area contributed by atoms with Crippen molar-refractivity contribution in [2.45, 2.75) is 6.92 Å². The van der Waals surface area contributed by atoms with Crippen LogP contribution in [0.5, 0.6) is 0 Å². The van der Waals surface area contributed by atoms with Gasteiger partial charge >= 0.3 is 0 Å². The molecule has 0 aromatic heterocycles. The minimum Gasteiger partial charge on any atom is -0.255 e. The first-order valence-corrected chi connectivity index (χ1v) is 2.37. The Kier molecular flexibility index (Phi) is 1.40. The lowest BCUT2D eigenvalue weighted by Gasteiger charge is -1.77. The number of rotatable bonds is 0. The molecule has 40 valence electrons. The summed E-state index contributed by atoms with van der Waals surface area (Å²) in [5.74, 6) is 2.63. The molecule has 1 rings (SSSR count). The topological polar surface area (TPSA) is 24.7 Å². The summed E-state index contributed by atoms with van der Waals surface area (Å²) in [6, 6.07) is 0. The predicted octanol–water partition coefficient (Wildman–Crippen LogP) is 1.16. The minimum atomic E-state index is 0.933. The van der Waals surface area contributed by atoms with E-state index in [9.17, 15) is 0 Å². The lowest BCUT2D eigenvalue weighted by Crippen LogP contribution is -1.65. The first-order chi connectivity index (χ1) is 3.89. The van der Waals surface area contributed by atoms with Gasteiger partial charge < -0.3 is 0 Å². The summed E-state index contributed by atoms with van der Waals surface area (Å²) in [5, 5.41) is 0. The molecule has 0 radical (unpaired) electrons. The lowest BCUT2D eigenvalue weighted by atomic mass is 10.5. The molecule has 0 aromatic rings. The van der Waals surface area contributed by atoms with Gasteiger partial charge in [-0.1, -0.05) is 0 Å². The van der Waals surface area contributed by atoms with E-state index in [0.29, 0.717) is 0 Å². The highest BCUT2D eigenvalue weighted by atomic mass is 14.8. The van der Waals surface area contributed by atoms with Gasteiger partial charge in [0.1, 0.15) is 0 Å². The average molecular weight is 106 g/mol. The first kappa shape index (κ1) is 5.01. The highest BCUT2D eigenvalue weighted by molar-refractivity contribution is 5.75. The number of allylic oxidation sites excluding steroid dienone is 2. The molecule has 0 bridgehead atoms. The fourth-order valence-corrected chi connectivity index (χ4v) is 0.395. The standard InChI is InChI=1S/C6H6N2/c1-6-2-3-7-4-5-8-6/h2-4H,1H3. The highest BCUT2D eigenvalue weighted by Gasteiger charge is 1.78. The SMILES string of the molecule is CC1=CC=NC=C=N1. The van der Waals surface area contributed by atoms with E-state index in [2.05, 4.69) is 15.9 Å². The van der Waals surface area contributed by atoms with Gasteiger partial charge in [-0.3, -0.25) is 4.99 Å². The highest BCUT2D eigenvalue weighted by Crippen LogP contribution is 1.91. The molecular formula is C6H6N2. The van der Waals surface area contributed by atoms with Crippen molar-refractivity contribution in [1.82, 2.24) is 0 Å². The fourth-order valence-electron chi connectivity index (χ4n) is 0.395. The van der Waals surface area contributed by atoms with E-state index in [1.165, 1.54) is 6.20 Å². The Morgan fingerprint density at radius 2 is 2.50 bits per heavy atom. The van der Waals surface area contributed by atoms with E-state index >= 15 is 0 Å². The average Bonchev–Trinajstić information content (AvgIpc) is 1.94. The van der Waals surface area contributed by atoms with Crippen LogP contribution in [-0.2, 0) is 0 Å². The lowest BCUT2D eigenvalue weighted by molar-refractivity contribution is 1.34. The fraction of sp³-hybridized carbons (Fsp3) is 0.167. The van der Waals surface area contributed by atoms with E-state index in [-0.39, 0.29) is 0 Å². The Hall–Kier alpha value is -1.14. The van der Waals surface area contributed by atoms with Crippen LogP contribution in [0.2, 0.25) is 0 Å². The maximum absolute atomic E-state index is 3.85. The number of nitrogens with zero attached hydrogens (tertiary/aromatic N) is 2. The van der Waals surface area contributed by atoms with Crippen LogP contribution in [0.3, 0.4) is 0 Å². The van der Waals surface area contributed by atoms with E-state index in [1.54, 1.807) is 6.21 Å². The zero-order valence-electron chi connectivity index (χ0n) is 4.63. The van der Waals surface area contributed by atoms with Gasteiger partial charge in [0.25, 0.3) is 0 Å².